The quantitative estimate of drug-likeness (QED) is 0.451. The third kappa shape index (κ3) is 6.83. The van der Waals surface area contributed by atoms with E-state index in [4.69, 9.17) is 4.74 Å². The van der Waals surface area contributed by atoms with E-state index in [0.29, 0.717) is 19.6 Å². The number of hydrogen-bond acceptors (Lipinski definition) is 3. The number of hydrogen-bond donors (Lipinski definition) is 1. The minimum absolute atomic E-state index is 0.170. The first-order chi connectivity index (χ1) is 5.16. The fourth-order valence-corrected chi connectivity index (χ4v) is 0.568. The summed E-state index contributed by atoms with van der Waals surface area (Å²) in [5.41, 5.74) is 0. The lowest BCUT2D eigenvalue weighted by molar-refractivity contribution is -0.142. The maximum absolute atomic E-state index is 10.3. The molecule has 11 heavy (non-hydrogen) atoms. The Labute approximate surface area is 65.9 Å². The molecule has 0 spiro atoms. The van der Waals surface area contributed by atoms with Crippen LogP contribution in [-0.4, -0.2) is 25.5 Å². The summed E-state index contributed by atoms with van der Waals surface area (Å²) in [6.07, 6.45) is 0.629. The van der Waals surface area contributed by atoms with Crippen LogP contribution in [0.15, 0.2) is 0 Å². The Bertz CT molecular complexity index is 136. The molecule has 0 fully saturated rings. The Morgan fingerprint density at radius 2 is 2.36 bits per heavy atom. The van der Waals surface area contributed by atoms with Gasteiger partial charge in [0.25, 0.3) is 0 Å². The fourth-order valence-electron chi connectivity index (χ4n) is 0.568. The van der Waals surface area contributed by atoms with Gasteiger partial charge in [0.2, 0.25) is 6.41 Å². The van der Waals surface area contributed by atoms with Crippen molar-refractivity contribution < 1.29 is 14.3 Å². The number of ether oxygens (including phenoxy) is 1. The van der Waals surface area contributed by atoms with Crippen LogP contribution in [0, 0.1) is 5.92 Å². The minimum Gasteiger partial charge on any atom is -0.466 e. The van der Waals surface area contributed by atoms with Gasteiger partial charge in [-0.2, -0.15) is 0 Å². The van der Waals surface area contributed by atoms with Crippen molar-refractivity contribution in [2.45, 2.75) is 13.8 Å². The first-order valence-electron chi connectivity index (χ1n) is 3.47. The Morgan fingerprint density at radius 3 is 2.82 bits per heavy atom. The number of amides is 1. The lowest BCUT2D eigenvalue weighted by atomic mass is 10.2. The van der Waals surface area contributed by atoms with E-state index in [1.54, 1.807) is 0 Å². The highest BCUT2D eigenvalue weighted by Crippen LogP contribution is 1.92. The van der Waals surface area contributed by atoms with Crippen molar-refractivity contribution in [2.75, 3.05) is 13.2 Å². The van der Waals surface area contributed by atoms with E-state index in [9.17, 15) is 9.59 Å². The number of carbonyl (C=O) groups is 2. The summed E-state index contributed by atoms with van der Waals surface area (Å²) >= 11 is 0. The summed E-state index contributed by atoms with van der Waals surface area (Å²) in [7, 11) is 0. The normalized spacial score (nSPS) is 11.8. The van der Waals surface area contributed by atoms with Gasteiger partial charge in [-0.05, 0) is 0 Å². The molecule has 0 saturated carbocycles. The van der Waals surface area contributed by atoms with E-state index in [0.717, 1.165) is 0 Å². The largest absolute Gasteiger partial charge is 0.466 e. The van der Waals surface area contributed by atoms with Gasteiger partial charge in [0.15, 0.2) is 0 Å². The highest BCUT2D eigenvalue weighted by molar-refractivity contribution is 5.65. The lowest BCUT2D eigenvalue weighted by Gasteiger charge is -2.09. The van der Waals surface area contributed by atoms with Crippen LogP contribution in [0.2, 0.25) is 0 Å². The molecular formula is C7H13NO3. The predicted molar refractivity (Wildman–Crippen MR) is 39.9 cm³/mol. The lowest BCUT2D eigenvalue weighted by Crippen LogP contribution is -2.23. The van der Waals surface area contributed by atoms with Crippen LogP contribution in [0.3, 0.4) is 0 Å². The smallest absolute Gasteiger partial charge is 0.302 e. The molecule has 0 heterocycles. The molecule has 0 aromatic rings. The summed E-state index contributed by atoms with van der Waals surface area (Å²) < 4.78 is 4.71. The summed E-state index contributed by atoms with van der Waals surface area (Å²) in [4.78, 5) is 20.1. The summed E-state index contributed by atoms with van der Waals surface area (Å²) in [5.74, 6) is -0.118. The van der Waals surface area contributed by atoms with Gasteiger partial charge in [-0.15, -0.1) is 0 Å². The van der Waals surface area contributed by atoms with Crippen molar-refractivity contribution >= 4 is 12.4 Å². The second kappa shape index (κ2) is 5.70. The minimum atomic E-state index is -0.289. The molecule has 4 nitrogen and oxygen atoms in total. The number of nitrogens with one attached hydrogen (secondary N) is 1. The van der Waals surface area contributed by atoms with Crippen molar-refractivity contribution in [1.82, 2.24) is 5.32 Å². The first-order valence-corrected chi connectivity index (χ1v) is 3.47. The van der Waals surface area contributed by atoms with Crippen molar-refractivity contribution in [3.8, 4) is 0 Å². The van der Waals surface area contributed by atoms with E-state index in [1.807, 2.05) is 6.92 Å². The van der Waals surface area contributed by atoms with Crippen LogP contribution in [0.25, 0.3) is 0 Å². The molecule has 1 amide bonds. The molecule has 1 atom stereocenters. The zero-order valence-corrected chi connectivity index (χ0v) is 6.79. The Balaban J connectivity index is 3.28. The zero-order chi connectivity index (χ0) is 8.69. The first kappa shape index (κ1) is 9.94. The Hall–Kier alpha value is -1.06. The van der Waals surface area contributed by atoms with Crippen LogP contribution in [0.5, 0.6) is 0 Å². The summed E-state index contributed by atoms with van der Waals surface area (Å²) in [5, 5.41) is 2.50. The fraction of sp³-hybridized carbons (Fsp3) is 0.714. The van der Waals surface area contributed by atoms with E-state index in [1.165, 1.54) is 6.92 Å². The van der Waals surface area contributed by atoms with Crippen LogP contribution in [0.1, 0.15) is 13.8 Å². The third-order valence-electron chi connectivity index (χ3n) is 1.12. The maximum Gasteiger partial charge on any atom is 0.302 e. The molecule has 0 radical (unpaired) electrons. The SMILES string of the molecule is CC(=O)OCC(C)CNC=O. The molecular weight excluding hydrogens is 146 g/mol. The Morgan fingerprint density at radius 1 is 1.73 bits per heavy atom. The summed E-state index contributed by atoms with van der Waals surface area (Å²) in [6, 6.07) is 0. The summed E-state index contributed by atoms with van der Waals surface area (Å²) in [6.45, 7) is 4.15. The average molecular weight is 159 g/mol. The molecule has 0 aliphatic rings. The van der Waals surface area contributed by atoms with Crippen molar-refractivity contribution in [2.24, 2.45) is 5.92 Å². The molecule has 1 N–H and O–H groups in total. The number of carbonyl (C=O) groups excluding carboxylic acids is 2. The third-order valence-corrected chi connectivity index (χ3v) is 1.12. The second-order valence-electron chi connectivity index (χ2n) is 2.43. The van der Waals surface area contributed by atoms with Gasteiger partial charge < -0.3 is 10.1 Å². The highest BCUT2D eigenvalue weighted by atomic mass is 16.5. The van der Waals surface area contributed by atoms with Gasteiger partial charge >= 0.3 is 5.97 Å². The Kier molecular flexibility index (Phi) is 5.15. The zero-order valence-electron chi connectivity index (χ0n) is 6.79. The van der Waals surface area contributed by atoms with Crippen LogP contribution in [-0.2, 0) is 14.3 Å². The number of rotatable bonds is 5. The monoisotopic (exact) mass is 159 g/mol. The molecule has 0 aliphatic carbocycles. The van der Waals surface area contributed by atoms with Gasteiger partial charge in [0.05, 0.1) is 6.61 Å². The molecule has 0 bridgehead atoms. The van der Waals surface area contributed by atoms with Gasteiger partial charge in [0.1, 0.15) is 0 Å². The van der Waals surface area contributed by atoms with Crippen molar-refractivity contribution in [3.05, 3.63) is 0 Å². The molecule has 0 aliphatic heterocycles. The van der Waals surface area contributed by atoms with E-state index < -0.39 is 0 Å². The molecule has 1 unspecified atom stereocenters. The van der Waals surface area contributed by atoms with Gasteiger partial charge in [0, 0.05) is 19.4 Å². The molecule has 64 valence electrons. The van der Waals surface area contributed by atoms with E-state index >= 15 is 0 Å². The van der Waals surface area contributed by atoms with Crippen LogP contribution < -0.4 is 5.32 Å². The topological polar surface area (TPSA) is 55.4 Å². The van der Waals surface area contributed by atoms with Gasteiger partial charge in [-0.1, -0.05) is 6.92 Å². The maximum atomic E-state index is 10.3. The number of esters is 1. The molecule has 0 rings (SSSR count). The van der Waals surface area contributed by atoms with E-state index in [-0.39, 0.29) is 11.9 Å². The van der Waals surface area contributed by atoms with Gasteiger partial charge in [-0.3, -0.25) is 9.59 Å². The van der Waals surface area contributed by atoms with Crippen LogP contribution in [0.4, 0.5) is 0 Å². The van der Waals surface area contributed by atoms with Crippen molar-refractivity contribution in [1.29, 1.82) is 0 Å². The standard InChI is InChI=1S/C7H13NO3/c1-6(3-8-5-9)4-11-7(2)10/h5-6H,3-4H2,1-2H3,(H,8,9). The molecule has 4 heteroatoms. The highest BCUT2D eigenvalue weighted by Gasteiger charge is 2.02. The van der Waals surface area contributed by atoms with Crippen LogP contribution >= 0.6 is 0 Å². The van der Waals surface area contributed by atoms with Gasteiger partial charge in [-0.25, -0.2) is 0 Å². The van der Waals surface area contributed by atoms with E-state index in [2.05, 4.69) is 5.32 Å². The molecule has 0 saturated heterocycles. The molecule has 0 aromatic heterocycles. The average Bonchev–Trinajstić information content (AvgIpc) is 1.97. The second-order valence-corrected chi connectivity index (χ2v) is 2.43. The predicted octanol–water partition coefficient (Wildman–Crippen LogP) is -0.0684. The van der Waals surface area contributed by atoms with Crippen molar-refractivity contribution in [3.63, 3.8) is 0 Å². The molecule has 0 aromatic carbocycles.